The molecule has 31 heavy (non-hydrogen) atoms. The van der Waals surface area contributed by atoms with Crippen LogP contribution < -0.4 is 5.32 Å². The van der Waals surface area contributed by atoms with Crippen molar-refractivity contribution in [3.63, 3.8) is 0 Å². The number of nitrogens with zero attached hydrogens (tertiary/aromatic N) is 4. The molecule has 0 saturated carbocycles. The Hall–Kier alpha value is -3.77. The van der Waals surface area contributed by atoms with Gasteiger partial charge in [0.1, 0.15) is 12.1 Å². The van der Waals surface area contributed by atoms with Gasteiger partial charge >= 0.3 is 0 Å². The number of fused-ring (bicyclic) bond motifs is 1. The standard InChI is InChI=1S/C24H17ClFN5/c25-24-29-22(21-23(30-24)31(15-28-21)20-8-4-7-19(26)13-20)27-14-16-9-11-18(12-10-16)17-5-2-1-3-6-17/h1-13,15H,14H2,(H,27,29,30). The summed E-state index contributed by atoms with van der Waals surface area (Å²) in [6, 6.07) is 24.8. The van der Waals surface area contributed by atoms with Gasteiger partial charge in [-0.15, -0.1) is 0 Å². The lowest BCUT2D eigenvalue weighted by molar-refractivity contribution is 0.626. The summed E-state index contributed by atoms with van der Waals surface area (Å²) in [7, 11) is 0. The average Bonchev–Trinajstić information content (AvgIpc) is 3.22. The average molecular weight is 430 g/mol. The lowest BCUT2D eigenvalue weighted by atomic mass is 10.0. The number of benzene rings is 3. The normalized spacial score (nSPS) is 11.0. The Balaban J connectivity index is 1.41. The van der Waals surface area contributed by atoms with Crippen LogP contribution >= 0.6 is 11.6 Å². The van der Waals surface area contributed by atoms with Crippen molar-refractivity contribution in [3.8, 4) is 16.8 Å². The molecule has 0 aliphatic heterocycles. The Morgan fingerprint density at radius 2 is 1.65 bits per heavy atom. The second-order valence-corrected chi connectivity index (χ2v) is 7.36. The zero-order valence-corrected chi connectivity index (χ0v) is 17.1. The smallest absolute Gasteiger partial charge is 0.226 e. The Bertz CT molecular complexity index is 1350. The van der Waals surface area contributed by atoms with Crippen LogP contribution in [0.2, 0.25) is 5.28 Å². The molecule has 0 atom stereocenters. The molecular formula is C24H17ClFN5. The van der Waals surface area contributed by atoms with E-state index in [1.807, 2.05) is 18.2 Å². The molecule has 0 saturated heterocycles. The summed E-state index contributed by atoms with van der Waals surface area (Å²) in [6.45, 7) is 0.546. The molecule has 2 aromatic heterocycles. The molecule has 0 aliphatic carbocycles. The van der Waals surface area contributed by atoms with Gasteiger partial charge in [0.15, 0.2) is 17.0 Å². The number of imidazole rings is 1. The fourth-order valence-corrected chi connectivity index (χ4v) is 3.61. The van der Waals surface area contributed by atoms with Crippen LogP contribution in [0.1, 0.15) is 5.56 Å². The van der Waals surface area contributed by atoms with E-state index < -0.39 is 0 Å². The third-order valence-corrected chi connectivity index (χ3v) is 5.15. The van der Waals surface area contributed by atoms with Crippen molar-refractivity contribution in [2.45, 2.75) is 6.54 Å². The van der Waals surface area contributed by atoms with Crippen molar-refractivity contribution in [1.29, 1.82) is 0 Å². The lowest BCUT2D eigenvalue weighted by Gasteiger charge is -2.09. The van der Waals surface area contributed by atoms with Gasteiger partial charge in [0.2, 0.25) is 5.28 Å². The van der Waals surface area contributed by atoms with E-state index in [9.17, 15) is 4.39 Å². The number of hydrogen-bond donors (Lipinski definition) is 1. The van der Waals surface area contributed by atoms with Crippen molar-refractivity contribution in [1.82, 2.24) is 19.5 Å². The number of anilines is 1. The van der Waals surface area contributed by atoms with Gasteiger partial charge in [-0.3, -0.25) is 4.57 Å². The second-order valence-electron chi connectivity index (χ2n) is 7.02. The molecule has 0 fully saturated rings. The zero-order valence-electron chi connectivity index (χ0n) is 16.3. The lowest BCUT2D eigenvalue weighted by Crippen LogP contribution is -2.04. The number of halogens is 2. The third-order valence-electron chi connectivity index (χ3n) is 4.98. The van der Waals surface area contributed by atoms with Gasteiger partial charge in [-0.05, 0) is 46.5 Å². The molecule has 7 heteroatoms. The maximum atomic E-state index is 13.7. The van der Waals surface area contributed by atoms with E-state index in [0.717, 1.165) is 11.1 Å². The monoisotopic (exact) mass is 429 g/mol. The highest BCUT2D eigenvalue weighted by Crippen LogP contribution is 2.25. The first-order chi connectivity index (χ1) is 15.2. The summed E-state index contributed by atoms with van der Waals surface area (Å²) in [5, 5.41) is 3.39. The summed E-state index contributed by atoms with van der Waals surface area (Å²) in [5.74, 6) is 0.189. The van der Waals surface area contributed by atoms with Crippen LogP contribution in [0.25, 0.3) is 28.0 Å². The molecule has 5 nitrogen and oxygen atoms in total. The van der Waals surface area contributed by atoms with Gasteiger partial charge in [0.05, 0.1) is 5.69 Å². The fraction of sp³-hybridized carbons (Fsp3) is 0.0417. The summed E-state index contributed by atoms with van der Waals surface area (Å²) in [4.78, 5) is 13.0. The molecule has 5 rings (SSSR count). The number of aromatic nitrogens is 4. The van der Waals surface area contributed by atoms with Crippen LogP contribution in [0, 0.1) is 5.82 Å². The van der Waals surface area contributed by atoms with Crippen molar-refractivity contribution in [2.75, 3.05) is 5.32 Å². The van der Waals surface area contributed by atoms with Gasteiger partial charge in [-0.1, -0.05) is 60.7 Å². The largest absolute Gasteiger partial charge is 0.364 e. The molecule has 0 spiro atoms. The molecule has 152 valence electrons. The fourth-order valence-electron chi connectivity index (χ4n) is 3.44. The van der Waals surface area contributed by atoms with Crippen molar-refractivity contribution < 1.29 is 4.39 Å². The van der Waals surface area contributed by atoms with Gasteiger partial charge in [-0.25, -0.2) is 9.37 Å². The summed E-state index contributed by atoms with van der Waals surface area (Å²) < 4.78 is 15.3. The second kappa shape index (κ2) is 8.16. The minimum absolute atomic E-state index is 0.0904. The first kappa shape index (κ1) is 19.2. The van der Waals surface area contributed by atoms with E-state index >= 15 is 0 Å². The predicted molar refractivity (Wildman–Crippen MR) is 121 cm³/mol. The Labute approximate surface area is 183 Å². The Kier molecular flexibility index (Phi) is 5.06. The van der Waals surface area contributed by atoms with Crippen LogP contribution in [0.5, 0.6) is 0 Å². The van der Waals surface area contributed by atoms with Crippen LogP contribution in [-0.4, -0.2) is 19.5 Å². The maximum absolute atomic E-state index is 13.7. The van der Waals surface area contributed by atoms with E-state index in [1.165, 1.54) is 17.7 Å². The maximum Gasteiger partial charge on any atom is 0.226 e. The van der Waals surface area contributed by atoms with E-state index in [0.29, 0.717) is 29.2 Å². The first-order valence-electron chi connectivity index (χ1n) is 9.72. The molecule has 1 N–H and O–H groups in total. The molecule has 0 bridgehead atoms. The number of hydrogen-bond acceptors (Lipinski definition) is 4. The minimum Gasteiger partial charge on any atom is -0.364 e. The Morgan fingerprint density at radius 3 is 2.42 bits per heavy atom. The highest BCUT2D eigenvalue weighted by molar-refractivity contribution is 6.28. The van der Waals surface area contributed by atoms with E-state index in [2.05, 4.69) is 56.7 Å². The van der Waals surface area contributed by atoms with Crippen LogP contribution in [-0.2, 0) is 6.54 Å². The molecule has 0 radical (unpaired) electrons. The van der Waals surface area contributed by atoms with Crippen molar-refractivity contribution >= 4 is 28.6 Å². The molecule has 0 amide bonds. The predicted octanol–water partition coefficient (Wildman–Crippen LogP) is 5.89. The molecular weight excluding hydrogens is 413 g/mol. The van der Waals surface area contributed by atoms with Gasteiger partial charge in [0, 0.05) is 6.54 Å². The molecule has 5 aromatic rings. The SMILES string of the molecule is Fc1cccc(-n2cnc3c(NCc4ccc(-c5ccccc5)cc4)nc(Cl)nc32)c1. The first-order valence-corrected chi connectivity index (χ1v) is 10.1. The minimum atomic E-state index is -0.336. The molecule has 2 heterocycles. The van der Waals surface area contributed by atoms with E-state index in [-0.39, 0.29) is 11.1 Å². The summed E-state index contributed by atoms with van der Waals surface area (Å²) in [6.07, 6.45) is 1.59. The summed E-state index contributed by atoms with van der Waals surface area (Å²) >= 11 is 6.16. The van der Waals surface area contributed by atoms with Gasteiger partial charge in [-0.2, -0.15) is 9.97 Å². The number of rotatable bonds is 5. The zero-order chi connectivity index (χ0) is 21.2. The van der Waals surface area contributed by atoms with Gasteiger partial charge in [0.25, 0.3) is 0 Å². The van der Waals surface area contributed by atoms with Crippen molar-refractivity contribution in [3.05, 3.63) is 102 Å². The van der Waals surface area contributed by atoms with E-state index in [1.54, 1.807) is 23.0 Å². The molecule has 3 aromatic carbocycles. The Morgan fingerprint density at radius 1 is 0.871 bits per heavy atom. The molecule has 0 unspecified atom stereocenters. The highest BCUT2D eigenvalue weighted by Gasteiger charge is 2.14. The highest BCUT2D eigenvalue weighted by atomic mass is 35.5. The molecule has 0 aliphatic rings. The van der Waals surface area contributed by atoms with Crippen LogP contribution in [0.15, 0.2) is 85.2 Å². The third kappa shape index (κ3) is 3.98. The topological polar surface area (TPSA) is 55.6 Å². The van der Waals surface area contributed by atoms with Crippen LogP contribution in [0.3, 0.4) is 0 Å². The number of nitrogens with one attached hydrogen (secondary N) is 1. The van der Waals surface area contributed by atoms with Gasteiger partial charge < -0.3 is 5.32 Å². The van der Waals surface area contributed by atoms with Crippen molar-refractivity contribution in [2.24, 2.45) is 0 Å². The summed E-state index contributed by atoms with van der Waals surface area (Å²) in [5.41, 5.74) is 5.11. The quantitative estimate of drug-likeness (QED) is 0.354. The van der Waals surface area contributed by atoms with Crippen LogP contribution in [0.4, 0.5) is 10.2 Å². The van der Waals surface area contributed by atoms with E-state index in [4.69, 9.17) is 11.6 Å².